The van der Waals surface area contributed by atoms with Crippen LogP contribution in [0.25, 0.3) is 0 Å². The molecule has 1 saturated carbocycles. The van der Waals surface area contributed by atoms with Crippen molar-refractivity contribution in [3.63, 3.8) is 0 Å². The highest BCUT2D eigenvalue weighted by atomic mass is 16.3. The monoisotopic (exact) mass is 232 g/mol. The molecule has 1 fully saturated rings. The fourth-order valence-corrected chi connectivity index (χ4v) is 3.57. The Hall–Kier alpha value is -0.820. The summed E-state index contributed by atoms with van der Waals surface area (Å²) in [7, 11) is 0. The van der Waals surface area contributed by atoms with Crippen LogP contribution in [0.4, 0.5) is 0 Å². The smallest absolute Gasteiger partial charge is 0.0608 e. The van der Waals surface area contributed by atoms with Gasteiger partial charge in [0, 0.05) is 5.41 Å². The van der Waals surface area contributed by atoms with Crippen LogP contribution in [0.15, 0.2) is 18.2 Å². The van der Waals surface area contributed by atoms with Crippen molar-refractivity contribution in [2.75, 3.05) is 0 Å². The summed E-state index contributed by atoms with van der Waals surface area (Å²) in [5, 5.41) is 10.2. The average molecular weight is 232 g/mol. The first-order chi connectivity index (χ1) is 8.06. The van der Waals surface area contributed by atoms with Crippen LogP contribution in [-0.4, -0.2) is 11.2 Å². The summed E-state index contributed by atoms with van der Waals surface area (Å²) in [6.07, 6.45) is 2.97. The van der Waals surface area contributed by atoms with Gasteiger partial charge in [0.25, 0.3) is 0 Å². The minimum Gasteiger partial charge on any atom is -0.393 e. The molecule has 0 bridgehead atoms. The summed E-state index contributed by atoms with van der Waals surface area (Å²) >= 11 is 0. The standard InChI is InChI=1S/C16H24O/c1-5-16(6-2)14(10-15(16)17)13-9-7-8-11(3)12(13)4/h7-9,14-15,17H,5-6,10H2,1-4H3. The molecule has 0 aliphatic heterocycles. The first-order valence-electron chi connectivity index (χ1n) is 6.81. The molecule has 1 aromatic rings. The van der Waals surface area contributed by atoms with Gasteiger partial charge >= 0.3 is 0 Å². The summed E-state index contributed by atoms with van der Waals surface area (Å²) in [4.78, 5) is 0. The van der Waals surface area contributed by atoms with E-state index in [1.165, 1.54) is 16.7 Å². The third-order valence-corrected chi connectivity index (χ3v) is 5.16. The lowest BCUT2D eigenvalue weighted by molar-refractivity contribution is -0.0933. The fourth-order valence-electron chi connectivity index (χ4n) is 3.57. The summed E-state index contributed by atoms with van der Waals surface area (Å²) in [6.45, 7) is 8.81. The number of hydrogen-bond acceptors (Lipinski definition) is 1. The average Bonchev–Trinajstić information content (AvgIpc) is 2.32. The first kappa shape index (κ1) is 12.6. The van der Waals surface area contributed by atoms with E-state index in [1.807, 2.05) is 0 Å². The topological polar surface area (TPSA) is 20.2 Å². The van der Waals surface area contributed by atoms with Crippen molar-refractivity contribution in [3.05, 3.63) is 34.9 Å². The van der Waals surface area contributed by atoms with E-state index < -0.39 is 0 Å². The van der Waals surface area contributed by atoms with Crippen molar-refractivity contribution < 1.29 is 5.11 Å². The molecule has 1 N–H and O–H groups in total. The highest BCUT2D eigenvalue weighted by molar-refractivity contribution is 5.39. The lowest BCUT2D eigenvalue weighted by Crippen LogP contribution is -2.51. The zero-order valence-electron chi connectivity index (χ0n) is 11.5. The van der Waals surface area contributed by atoms with Gasteiger partial charge < -0.3 is 5.11 Å². The molecule has 0 heterocycles. The summed E-state index contributed by atoms with van der Waals surface area (Å²) in [6, 6.07) is 6.57. The maximum Gasteiger partial charge on any atom is 0.0608 e. The van der Waals surface area contributed by atoms with Crippen LogP contribution >= 0.6 is 0 Å². The Morgan fingerprint density at radius 3 is 2.41 bits per heavy atom. The maximum atomic E-state index is 10.2. The van der Waals surface area contributed by atoms with E-state index in [9.17, 15) is 5.11 Å². The largest absolute Gasteiger partial charge is 0.393 e. The van der Waals surface area contributed by atoms with Crippen LogP contribution in [0.2, 0.25) is 0 Å². The van der Waals surface area contributed by atoms with E-state index in [-0.39, 0.29) is 11.5 Å². The van der Waals surface area contributed by atoms with E-state index >= 15 is 0 Å². The van der Waals surface area contributed by atoms with Crippen molar-refractivity contribution in [3.8, 4) is 0 Å². The predicted molar refractivity (Wildman–Crippen MR) is 72.3 cm³/mol. The number of rotatable bonds is 3. The molecule has 2 unspecified atom stereocenters. The number of aryl methyl sites for hydroxylation is 1. The normalized spacial score (nSPS) is 26.6. The number of aliphatic hydroxyl groups is 1. The molecule has 0 amide bonds. The number of benzene rings is 1. The van der Waals surface area contributed by atoms with Crippen LogP contribution in [0.5, 0.6) is 0 Å². The molecule has 0 aromatic heterocycles. The second-order valence-electron chi connectivity index (χ2n) is 5.53. The van der Waals surface area contributed by atoms with Crippen LogP contribution in [-0.2, 0) is 0 Å². The van der Waals surface area contributed by atoms with Crippen LogP contribution in [0, 0.1) is 19.3 Å². The molecule has 1 heteroatoms. The van der Waals surface area contributed by atoms with E-state index in [0.717, 1.165) is 19.3 Å². The van der Waals surface area contributed by atoms with Crippen LogP contribution < -0.4 is 0 Å². The van der Waals surface area contributed by atoms with Crippen molar-refractivity contribution in [2.45, 2.75) is 59.0 Å². The van der Waals surface area contributed by atoms with Crippen molar-refractivity contribution in [1.29, 1.82) is 0 Å². The van der Waals surface area contributed by atoms with Crippen LogP contribution in [0.1, 0.15) is 55.7 Å². The minimum absolute atomic E-state index is 0.109. The quantitative estimate of drug-likeness (QED) is 0.836. The molecule has 94 valence electrons. The summed E-state index contributed by atoms with van der Waals surface area (Å²) in [5.41, 5.74) is 4.36. The van der Waals surface area contributed by atoms with Gasteiger partial charge in [-0.1, -0.05) is 32.0 Å². The fraction of sp³-hybridized carbons (Fsp3) is 0.625. The maximum absolute atomic E-state index is 10.2. The Morgan fingerprint density at radius 2 is 1.88 bits per heavy atom. The minimum atomic E-state index is -0.109. The Balaban J connectivity index is 2.39. The van der Waals surface area contributed by atoms with E-state index in [4.69, 9.17) is 0 Å². The van der Waals surface area contributed by atoms with Gasteiger partial charge in [0.1, 0.15) is 0 Å². The van der Waals surface area contributed by atoms with Gasteiger partial charge in [-0.3, -0.25) is 0 Å². The van der Waals surface area contributed by atoms with Gasteiger partial charge in [-0.2, -0.15) is 0 Å². The first-order valence-corrected chi connectivity index (χ1v) is 6.81. The van der Waals surface area contributed by atoms with Gasteiger partial charge in [0.2, 0.25) is 0 Å². The second-order valence-corrected chi connectivity index (χ2v) is 5.53. The van der Waals surface area contributed by atoms with Crippen molar-refractivity contribution in [1.82, 2.24) is 0 Å². The van der Waals surface area contributed by atoms with Gasteiger partial charge in [0.05, 0.1) is 6.10 Å². The van der Waals surface area contributed by atoms with Gasteiger partial charge in [-0.05, 0) is 55.7 Å². The molecule has 1 nitrogen and oxygen atoms in total. The molecule has 0 saturated heterocycles. The molecule has 1 aliphatic rings. The molecule has 0 spiro atoms. The zero-order valence-corrected chi connectivity index (χ0v) is 11.5. The highest BCUT2D eigenvalue weighted by Crippen LogP contribution is 2.57. The highest BCUT2D eigenvalue weighted by Gasteiger charge is 2.52. The molecule has 0 radical (unpaired) electrons. The Bertz CT molecular complexity index is 404. The second kappa shape index (κ2) is 4.45. The molecule has 1 aromatic carbocycles. The van der Waals surface area contributed by atoms with Gasteiger partial charge in [0.15, 0.2) is 0 Å². The van der Waals surface area contributed by atoms with E-state index in [0.29, 0.717) is 5.92 Å². The lowest BCUT2D eigenvalue weighted by atomic mass is 9.52. The number of aliphatic hydroxyl groups excluding tert-OH is 1. The zero-order chi connectivity index (χ0) is 12.6. The van der Waals surface area contributed by atoms with Crippen molar-refractivity contribution >= 4 is 0 Å². The molecule has 2 rings (SSSR count). The Kier molecular flexibility index (Phi) is 3.31. The van der Waals surface area contributed by atoms with Crippen molar-refractivity contribution in [2.24, 2.45) is 5.41 Å². The Morgan fingerprint density at radius 1 is 1.24 bits per heavy atom. The van der Waals surface area contributed by atoms with E-state index in [1.54, 1.807) is 0 Å². The van der Waals surface area contributed by atoms with Gasteiger partial charge in [-0.15, -0.1) is 0 Å². The van der Waals surface area contributed by atoms with Gasteiger partial charge in [-0.25, -0.2) is 0 Å². The Labute approximate surface area is 105 Å². The SMILES string of the molecule is CCC1(CC)C(O)CC1c1cccc(C)c1C. The molecular weight excluding hydrogens is 208 g/mol. The predicted octanol–water partition coefficient (Wildman–Crippen LogP) is 3.96. The van der Waals surface area contributed by atoms with E-state index in [2.05, 4.69) is 45.9 Å². The molecule has 1 aliphatic carbocycles. The third-order valence-electron chi connectivity index (χ3n) is 5.16. The summed E-state index contributed by atoms with van der Waals surface area (Å²) < 4.78 is 0. The number of hydrogen-bond donors (Lipinski definition) is 1. The molecular formula is C16H24O. The molecule has 2 atom stereocenters. The summed E-state index contributed by atoms with van der Waals surface area (Å²) in [5.74, 6) is 0.549. The third kappa shape index (κ3) is 1.72. The lowest BCUT2D eigenvalue weighted by Gasteiger charge is -2.54. The molecule has 17 heavy (non-hydrogen) atoms. The van der Waals surface area contributed by atoms with Crippen LogP contribution in [0.3, 0.4) is 0 Å².